The van der Waals surface area contributed by atoms with Crippen LogP contribution < -0.4 is 10.1 Å². The summed E-state index contributed by atoms with van der Waals surface area (Å²) in [6, 6.07) is 23.2. The molecule has 30 heavy (non-hydrogen) atoms. The maximum absolute atomic E-state index is 12.4. The average Bonchev–Trinajstić information content (AvgIpc) is 3.09. The second-order valence-corrected chi connectivity index (χ2v) is 8.20. The van der Waals surface area contributed by atoms with Crippen LogP contribution in [-0.4, -0.2) is 11.1 Å². The molecule has 1 saturated heterocycles. The van der Waals surface area contributed by atoms with Gasteiger partial charge in [0.15, 0.2) is 5.17 Å². The molecule has 0 atom stereocenters. The molecular weight excluding hydrogens is 416 g/mol. The van der Waals surface area contributed by atoms with Crippen LogP contribution in [0.4, 0.5) is 5.69 Å². The van der Waals surface area contributed by atoms with Crippen LogP contribution in [0.25, 0.3) is 6.08 Å². The fraction of sp³-hybridized carbons (Fsp3) is 0.0833. The lowest BCUT2D eigenvalue weighted by molar-refractivity contribution is -0.115. The summed E-state index contributed by atoms with van der Waals surface area (Å²) in [5, 5.41) is 3.98. The molecular formula is C24H19ClN2O2S. The van der Waals surface area contributed by atoms with Crippen molar-refractivity contribution in [2.75, 3.05) is 0 Å². The van der Waals surface area contributed by atoms with Crippen molar-refractivity contribution >= 4 is 46.2 Å². The molecule has 6 heteroatoms. The van der Waals surface area contributed by atoms with Crippen molar-refractivity contribution in [2.45, 2.75) is 13.5 Å². The Labute approximate surface area is 184 Å². The molecule has 1 aliphatic heterocycles. The van der Waals surface area contributed by atoms with Crippen molar-refractivity contribution in [3.05, 3.63) is 99.4 Å². The average molecular weight is 435 g/mol. The molecule has 1 N–H and O–H groups in total. The van der Waals surface area contributed by atoms with Crippen molar-refractivity contribution in [1.29, 1.82) is 0 Å². The number of nitrogens with one attached hydrogen (secondary N) is 1. The van der Waals surface area contributed by atoms with E-state index < -0.39 is 0 Å². The number of benzene rings is 3. The Hall–Kier alpha value is -3.02. The van der Waals surface area contributed by atoms with Crippen LogP contribution in [0.5, 0.6) is 5.75 Å². The Balaban J connectivity index is 1.47. The molecule has 4 rings (SSSR count). The molecule has 0 spiro atoms. The number of carbonyl (C=O) groups excluding carboxylic acids is 1. The summed E-state index contributed by atoms with van der Waals surface area (Å²) in [5.41, 5.74) is 3.67. The van der Waals surface area contributed by atoms with Gasteiger partial charge in [-0.05, 0) is 65.7 Å². The number of hydrogen-bond acceptors (Lipinski definition) is 4. The Kier molecular flexibility index (Phi) is 6.21. The number of nitrogens with zero attached hydrogens (tertiary/aromatic N) is 1. The van der Waals surface area contributed by atoms with E-state index in [1.165, 1.54) is 11.8 Å². The maximum Gasteiger partial charge on any atom is 0.264 e. The molecule has 1 aliphatic rings. The molecule has 1 fully saturated rings. The summed E-state index contributed by atoms with van der Waals surface area (Å²) in [4.78, 5) is 17.4. The lowest BCUT2D eigenvalue weighted by Gasteiger charge is -2.07. The molecule has 0 aliphatic carbocycles. The number of carbonyl (C=O) groups is 1. The third-order valence-corrected chi connectivity index (χ3v) is 5.76. The molecule has 3 aromatic rings. The van der Waals surface area contributed by atoms with Gasteiger partial charge in [0.05, 0.1) is 10.6 Å². The first-order valence-corrected chi connectivity index (χ1v) is 10.6. The zero-order valence-electron chi connectivity index (χ0n) is 16.3. The summed E-state index contributed by atoms with van der Waals surface area (Å²) < 4.78 is 5.87. The zero-order chi connectivity index (χ0) is 20.9. The number of amides is 1. The molecule has 150 valence electrons. The molecule has 0 unspecified atom stereocenters. The molecule has 0 saturated carbocycles. The van der Waals surface area contributed by atoms with Crippen LogP contribution >= 0.6 is 23.4 Å². The Morgan fingerprint density at radius 3 is 2.70 bits per heavy atom. The topological polar surface area (TPSA) is 50.7 Å². The highest BCUT2D eigenvalue weighted by atomic mass is 35.5. The van der Waals surface area contributed by atoms with Crippen LogP contribution in [0.15, 0.2) is 82.7 Å². The minimum Gasteiger partial charge on any atom is -0.489 e. The van der Waals surface area contributed by atoms with Gasteiger partial charge in [0, 0.05) is 5.02 Å². The van der Waals surface area contributed by atoms with Crippen molar-refractivity contribution in [3.8, 4) is 5.75 Å². The van der Waals surface area contributed by atoms with Gasteiger partial charge in [-0.3, -0.25) is 4.79 Å². The first-order chi connectivity index (χ1) is 14.6. The van der Waals surface area contributed by atoms with Crippen molar-refractivity contribution < 1.29 is 9.53 Å². The van der Waals surface area contributed by atoms with Gasteiger partial charge in [-0.15, -0.1) is 0 Å². The number of amidine groups is 1. The summed E-state index contributed by atoms with van der Waals surface area (Å²) in [5.74, 6) is 0.576. The normalized spacial score (nSPS) is 16.1. The van der Waals surface area contributed by atoms with Gasteiger partial charge in [-0.1, -0.05) is 60.1 Å². The second kappa shape index (κ2) is 9.20. The number of hydrogen-bond donors (Lipinski definition) is 1. The van der Waals surface area contributed by atoms with Gasteiger partial charge < -0.3 is 10.1 Å². The second-order valence-electron chi connectivity index (χ2n) is 6.76. The molecule has 0 radical (unpaired) electrons. The zero-order valence-corrected chi connectivity index (χ0v) is 17.8. The largest absolute Gasteiger partial charge is 0.489 e. The fourth-order valence-corrected chi connectivity index (χ4v) is 3.85. The van der Waals surface area contributed by atoms with Gasteiger partial charge >= 0.3 is 0 Å². The lowest BCUT2D eigenvalue weighted by atomic mass is 10.2. The predicted octanol–water partition coefficient (Wildman–Crippen LogP) is 6.12. The van der Waals surface area contributed by atoms with Crippen molar-refractivity contribution in [3.63, 3.8) is 0 Å². The molecule has 0 aromatic heterocycles. The lowest BCUT2D eigenvalue weighted by Crippen LogP contribution is -2.19. The van der Waals surface area contributed by atoms with E-state index in [0.29, 0.717) is 27.4 Å². The number of thioether (sulfide) groups is 1. The molecule has 1 heterocycles. The van der Waals surface area contributed by atoms with Crippen LogP contribution in [-0.2, 0) is 11.4 Å². The maximum atomic E-state index is 12.4. The highest BCUT2D eigenvalue weighted by Crippen LogP contribution is 2.30. The highest BCUT2D eigenvalue weighted by Gasteiger charge is 2.23. The van der Waals surface area contributed by atoms with E-state index >= 15 is 0 Å². The smallest absolute Gasteiger partial charge is 0.264 e. The van der Waals surface area contributed by atoms with E-state index in [-0.39, 0.29) is 5.91 Å². The number of halogens is 1. The van der Waals surface area contributed by atoms with E-state index in [9.17, 15) is 4.79 Å². The monoisotopic (exact) mass is 434 g/mol. The molecule has 1 amide bonds. The molecule has 0 bridgehead atoms. The Morgan fingerprint density at radius 2 is 1.90 bits per heavy atom. The highest BCUT2D eigenvalue weighted by molar-refractivity contribution is 8.18. The van der Waals surface area contributed by atoms with E-state index in [4.69, 9.17) is 16.3 Å². The van der Waals surface area contributed by atoms with Gasteiger partial charge in [-0.25, -0.2) is 4.99 Å². The van der Waals surface area contributed by atoms with Gasteiger partial charge in [0.2, 0.25) is 0 Å². The van der Waals surface area contributed by atoms with Crippen molar-refractivity contribution in [1.82, 2.24) is 5.32 Å². The SMILES string of the molecule is Cc1ccc(N=C2NC(=O)/C(=C/c3cccc(OCc4ccccc4)c3)S2)cc1Cl. The van der Waals surface area contributed by atoms with E-state index in [1.54, 1.807) is 6.07 Å². The Bertz CT molecular complexity index is 1140. The third-order valence-electron chi connectivity index (χ3n) is 4.44. The predicted molar refractivity (Wildman–Crippen MR) is 124 cm³/mol. The molecule has 3 aromatic carbocycles. The quantitative estimate of drug-likeness (QED) is 0.492. The molecule has 4 nitrogen and oxygen atoms in total. The van der Waals surface area contributed by atoms with Crippen LogP contribution in [0, 0.1) is 6.92 Å². The minimum atomic E-state index is -0.174. The number of aliphatic imine (C=N–C) groups is 1. The number of ether oxygens (including phenoxy) is 1. The van der Waals surface area contributed by atoms with Crippen molar-refractivity contribution in [2.24, 2.45) is 4.99 Å². The number of aryl methyl sites for hydroxylation is 1. The van der Waals surface area contributed by atoms with E-state index in [0.717, 1.165) is 22.4 Å². The third kappa shape index (κ3) is 5.12. The first kappa shape index (κ1) is 20.3. The summed E-state index contributed by atoms with van der Waals surface area (Å²) in [6.07, 6.45) is 1.83. The van der Waals surface area contributed by atoms with Crippen LogP contribution in [0.1, 0.15) is 16.7 Å². The summed E-state index contributed by atoms with van der Waals surface area (Å²) >= 11 is 7.46. The Morgan fingerprint density at radius 1 is 1.07 bits per heavy atom. The van der Waals surface area contributed by atoms with Gasteiger partial charge in [0.25, 0.3) is 5.91 Å². The minimum absolute atomic E-state index is 0.174. The first-order valence-electron chi connectivity index (χ1n) is 9.39. The summed E-state index contributed by atoms with van der Waals surface area (Å²) in [7, 11) is 0. The van der Waals surface area contributed by atoms with Gasteiger partial charge in [0.1, 0.15) is 12.4 Å². The van der Waals surface area contributed by atoms with Crippen LogP contribution in [0.2, 0.25) is 5.02 Å². The van der Waals surface area contributed by atoms with Gasteiger partial charge in [-0.2, -0.15) is 0 Å². The standard InChI is InChI=1S/C24H19ClN2O2S/c1-16-10-11-19(14-21(16)25)26-24-27-23(28)22(30-24)13-18-8-5-9-20(12-18)29-15-17-6-3-2-4-7-17/h2-14H,15H2,1H3,(H,26,27,28)/b22-13-. The van der Waals surface area contributed by atoms with Crippen LogP contribution in [0.3, 0.4) is 0 Å². The van der Waals surface area contributed by atoms with E-state index in [1.807, 2.05) is 79.7 Å². The number of rotatable bonds is 5. The van der Waals surface area contributed by atoms with E-state index in [2.05, 4.69) is 10.3 Å². The fourth-order valence-electron chi connectivity index (χ4n) is 2.84. The summed E-state index contributed by atoms with van der Waals surface area (Å²) in [6.45, 7) is 2.43.